The highest BCUT2D eigenvalue weighted by molar-refractivity contribution is 5.73. The fourth-order valence-electron chi connectivity index (χ4n) is 3.09. The summed E-state index contributed by atoms with van der Waals surface area (Å²) in [7, 11) is 0. The van der Waals surface area contributed by atoms with E-state index in [2.05, 4.69) is 10.2 Å². The van der Waals surface area contributed by atoms with Crippen LogP contribution >= 0.6 is 0 Å². The molecule has 1 saturated heterocycles. The number of nitrogens with two attached hydrogens (primary N) is 1. The number of nitrogens with zero attached hydrogens (tertiary/aromatic N) is 1. The minimum Gasteiger partial charge on any atom is -0.352 e. The zero-order chi connectivity index (χ0) is 11.5. The van der Waals surface area contributed by atoms with E-state index < -0.39 is 0 Å². The molecule has 1 amide bonds. The van der Waals surface area contributed by atoms with Crippen LogP contribution in [0.25, 0.3) is 0 Å². The molecule has 2 rings (SSSR count). The largest absolute Gasteiger partial charge is 0.352 e. The second kappa shape index (κ2) is 5.15. The third-order valence-electron chi connectivity index (χ3n) is 3.88. The topological polar surface area (TPSA) is 58.4 Å². The molecule has 3 N–H and O–H groups in total. The Morgan fingerprint density at radius 3 is 2.75 bits per heavy atom. The summed E-state index contributed by atoms with van der Waals surface area (Å²) in [5.74, 6) is 0.0831. The van der Waals surface area contributed by atoms with Crippen LogP contribution in [0.1, 0.15) is 39.0 Å². The fraction of sp³-hybridized carbons (Fsp3) is 0.917. The molecule has 4 heteroatoms. The maximum Gasteiger partial charge on any atom is 0.217 e. The number of amides is 1. The molecule has 3 unspecified atom stereocenters. The summed E-state index contributed by atoms with van der Waals surface area (Å²) in [5.41, 5.74) is 6.18. The van der Waals surface area contributed by atoms with Gasteiger partial charge in [0.15, 0.2) is 0 Å². The molecule has 3 atom stereocenters. The lowest BCUT2D eigenvalue weighted by molar-refractivity contribution is -0.119. The number of carbonyl (C=O) groups is 1. The van der Waals surface area contributed by atoms with E-state index >= 15 is 0 Å². The minimum absolute atomic E-state index is 0.0831. The van der Waals surface area contributed by atoms with Gasteiger partial charge >= 0.3 is 0 Å². The highest BCUT2D eigenvalue weighted by Gasteiger charge is 2.32. The number of likely N-dealkylation sites (tertiary alicyclic amines) is 1. The minimum atomic E-state index is 0.0831. The first-order chi connectivity index (χ1) is 7.66. The number of carbonyl (C=O) groups excluding carboxylic acids is 1. The van der Waals surface area contributed by atoms with Gasteiger partial charge in [0.05, 0.1) is 0 Å². The Labute approximate surface area is 97.6 Å². The summed E-state index contributed by atoms with van der Waals surface area (Å²) >= 11 is 0. The molecule has 1 aliphatic heterocycles. The SMILES string of the molecule is CC(=O)NC1CCN(C2CCCCC2N)C1. The second-order valence-electron chi connectivity index (χ2n) is 5.20. The molecule has 1 heterocycles. The van der Waals surface area contributed by atoms with Crippen LogP contribution in [0.5, 0.6) is 0 Å². The van der Waals surface area contributed by atoms with E-state index in [0.29, 0.717) is 18.1 Å². The van der Waals surface area contributed by atoms with Crippen LogP contribution in [-0.2, 0) is 4.79 Å². The standard InChI is InChI=1S/C12H23N3O/c1-9(16)14-10-6-7-15(8-10)12-5-3-2-4-11(12)13/h10-12H,2-8,13H2,1H3,(H,14,16). The van der Waals surface area contributed by atoms with Gasteiger partial charge in [-0.25, -0.2) is 0 Å². The molecule has 0 aromatic rings. The van der Waals surface area contributed by atoms with Crippen LogP contribution in [0.4, 0.5) is 0 Å². The Morgan fingerprint density at radius 2 is 2.06 bits per heavy atom. The maximum atomic E-state index is 11.0. The maximum absolute atomic E-state index is 11.0. The zero-order valence-corrected chi connectivity index (χ0v) is 10.1. The summed E-state index contributed by atoms with van der Waals surface area (Å²) in [6, 6.07) is 1.23. The van der Waals surface area contributed by atoms with Crippen molar-refractivity contribution in [2.24, 2.45) is 5.73 Å². The first-order valence-electron chi connectivity index (χ1n) is 6.43. The van der Waals surface area contributed by atoms with Gasteiger partial charge < -0.3 is 11.1 Å². The van der Waals surface area contributed by atoms with E-state index in [1.165, 1.54) is 19.3 Å². The van der Waals surface area contributed by atoms with Crippen LogP contribution < -0.4 is 11.1 Å². The van der Waals surface area contributed by atoms with Crippen molar-refractivity contribution in [3.63, 3.8) is 0 Å². The van der Waals surface area contributed by atoms with Gasteiger partial charge in [0.1, 0.15) is 0 Å². The quantitative estimate of drug-likeness (QED) is 0.718. The molecule has 0 aromatic heterocycles. The molecule has 0 spiro atoms. The van der Waals surface area contributed by atoms with Crippen molar-refractivity contribution < 1.29 is 4.79 Å². The van der Waals surface area contributed by atoms with Gasteiger partial charge in [-0.05, 0) is 19.3 Å². The Hall–Kier alpha value is -0.610. The van der Waals surface area contributed by atoms with Gasteiger partial charge in [-0.3, -0.25) is 9.69 Å². The van der Waals surface area contributed by atoms with E-state index in [1.807, 2.05) is 0 Å². The second-order valence-corrected chi connectivity index (χ2v) is 5.20. The molecule has 92 valence electrons. The predicted molar refractivity (Wildman–Crippen MR) is 64.0 cm³/mol. The molecule has 1 saturated carbocycles. The average molecular weight is 225 g/mol. The van der Waals surface area contributed by atoms with Gasteiger partial charge in [0.25, 0.3) is 0 Å². The van der Waals surface area contributed by atoms with Crippen molar-refractivity contribution in [1.29, 1.82) is 0 Å². The Morgan fingerprint density at radius 1 is 1.31 bits per heavy atom. The highest BCUT2D eigenvalue weighted by atomic mass is 16.1. The normalized spacial score (nSPS) is 36.2. The monoisotopic (exact) mass is 225 g/mol. The fourth-order valence-corrected chi connectivity index (χ4v) is 3.09. The van der Waals surface area contributed by atoms with E-state index in [9.17, 15) is 4.79 Å². The average Bonchev–Trinajstić information content (AvgIpc) is 2.66. The molecule has 16 heavy (non-hydrogen) atoms. The summed E-state index contributed by atoms with van der Waals surface area (Å²) in [6.45, 7) is 3.66. The molecule has 0 aromatic carbocycles. The molecular weight excluding hydrogens is 202 g/mol. The van der Waals surface area contributed by atoms with Gasteiger partial charge in [-0.15, -0.1) is 0 Å². The highest BCUT2D eigenvalue weighted by Crippen LogP contribution is 2.25. The summed E-state index contributed by atoms with van der Waals surface area (Å²) < 4.78 is 0. The first kappa shape index (κ1) is 11.9. The molecule has 4 nitrogen and oxygen atoms in total. The van der Waals surface area contributed by atoms with E-state index in [1.54, 1.807) is 6.92 Å². The zero-order valence-electron chi connectivity index (χ0n) is 10.1. The smallest absolute Gasteiger partial charge is 0.217 e. The van der Waals surface area contributed by atoms with Crippen LogP contribution in [0.3, 0.4) is 0 Å². The van der Waals surface area contributed by atoms with E-state index in [-0.39, 0.29) is 5.91 Å². The van der Waals surface area contributed by atoms with Crippen molar-refractivity contribution in [2.75, 3.05) is 13.1 Å². The van der Waals surface area contributed by atoms with Gasteiger partial charge in [-0.1, -0.05) is 12.8 Å². The first-order valence-corrected chi connectivity index (χ1v) is 6.43. The van der Waals surface area contributed by atoms with E-state index in [0.717, 1.165) is 25.9 Å². The van der Waals surface area contributed by atoms with Crippen molar-refractivity contribution in [2.45, 2.75) is 57.2 Å². The molecular formula is C12H23N3O. The van der Waals surface area contributed by atoms with Crippen molar-refractivity contribution in [3.05, 3.63) is 0 Å². The summed E-state index contributed by atoms with van der Waals surface area (Å²) in [5, 5.41) is 3.00. The van der Waals surface area contributed by atoms with Crippen molar-refractivity contribution in [1.82, 2.24) is 10.2 Å². The van der Waals surface area contributed by atoms with Crippen LogP contribution in [-0.4, -0.2) is 42.0 Å². The lowest BCUT2D eigenvalue weighted by Gasteiger charge is -2.36. The summed E-state index contributed by atoms with van der Waals surface area (Å²) in [4.78, 5) is 13.5. The van der Waals surface area contributed by atoms with Crippen LogP contribution in [0, 0.1) is 0 Å². The lowest BCUT2D eigenvalue weighted by atomic mass is 9.90. The molecule has 0 bridgehead atoms. The molecule has 1 aliphatic carbocycles. The van der Waals surface area contributed by atoms with Crippen molar-refractivity contribution in [3.8, 4) is 0 Å². The van der Waals surface area contributed by atoms with Crippen LogP contribution in [0.15, 0.2) is 0 Å². The molecule has 2 aliphatic rings. The van der Waals surface area contributed by atoms with Gasteiger partial charge in [-0.2, -0.15) is 0 Å². The van der Waals surface area contributed by atoms with Crippen molar-refractivity contribution >= 4 is 5.91 Å². The Bertz CT molecular complexity index is 257. The Balaban J connectivity index is 1.85. The lowest BCUT2D eigenvalue weighted by Crippen LogP contribution is -2.49. The molecule has 2 fully saturated rings. The molecule has 0 radical (unpaired) electrons. The number of rotatable bonds is 2. The Kier molecular flexibility index (Phi) is 3.82. The van der Waals surface area contributed by atoms with E-state index in [4.69, 9.17) is 5.73 Å². The van der Waals surface area contributed by atoms with Gasteiger partial charge in [0, 0.05) is 38.1 Å². The van der Waals surface area contributed by atoms with Gasteiger partial charge in [0.2, 0.25) is 5.91 Å². The predicted octanol–water partition coefficient (Wildman–Crippen LogP) is 0.467. The number of hydrogen-bond acceptors (Lipinski definition) is 3. The number of nitrogens with one attached hydrogen (secondary N) is 1. The number of hydrogen-bond donors (Lipinski definition) is 2. The third-order valence-corrected chi connectivity index (χ3v) is 3.88. The third kappa shape index (κ3) is 2.74. The van der Waals surface area contributed by atoms with Crippen LogP contribution in [0.2, 0.25) is 0 Å². The summed E-state index contributed by atoms with van der Waals surface area (Å²) in [6.07, 6.45) is 6.04.